The van der Waals surface area contributed by atoms with E-state index in [-0.39, 0.29) is 0 Å². The molecule has 0 amide bonds. The van der Waals surface area contributed by atoms with E-state index in [1.165, 1.54) is 11.3 Å². The summed E-state index contributed by atoms with van der Waals surface area (Å²) in [4.78, 5) is 16.9. The molecule has 114 valence electrons. The molecule has 0 unspecified atom stereocenters. The van der Waals surface area contributed by atoms with Crippen molar-refractivity contribution in [3.05, 3.63) is 35.0 Å². The Morgan fingerprint density at radius 1 is 1.41 bits per heavy atom. The highest BCUT2D eigenvalue weighted by Gasteiger charge is 2.18. The molecule has 3 rings (SSSR count). The smallest absolute Gasteiger partial charge is 0.213 e. The van der Waals surface area contributed by atoms with Gasteiger partial charge in [0.15, 0.2) is 6.29 Å². The lowest BCUT2D eigenvalue weighted by Gasteiger charge is -2.02. The van der Waals surface area contributed by atoms with Gasteiger partial charge in [0.2, 0.25) is 4.96 Å². The predicted molar refractivity (Wildman–Crippen MR) is 86.8 cm³/mol. The summed E-state index contributed by atoms with van der Waals surface area (Å²) >= 11 is 1.53. The number of fused-ring (bicyclic) bond motifs is 1. The van der Waals surface area contributed by atoms with E-state index in [1.807, 2.05) is 24.3 Å². The maximum atomic E-state index is 11.5. The first-order valence-electron chi connectivity index (χ1n) is 7.10. The molecule has 0 saturated heterocycles. The van der Waals surface area contributed by atoms with Gasteiger partial charge in [-0.05, 0) is 18.1 Å². The van der Waals surface area contributed by atoms with Crippen LogP contribution in [0.25, 0.3) is 16.2 Å². The maximum absolute atomic E-state index is 11.5. The molecule has 2 aromatic heterocycles. The number of carbonyl (C=O) groups is 1. The molecule has 0 N–H and O–H groups in total. The Morgan fingerprint density at radius 3 is 2.91 bits per heavy atom. The zero-order valence-corrected chi connectivity index (χ0v) is 13.6. The highest BCUT2D eigenvalue weighted by Crippen LogP contribution is 2.28. The summed E-state index contributed by atoms with van der Waals surface area (Å²) in [6.07, 6.45) is 1.70. The number of nitrogens with zero attached hydrogens (tertiary/aromatic N) is 3. The van der Waals surface area contributed by atoms with Crippen molar-refractivity contribution in [1.82, 2.24) is 14.6 Å². The second-order valence-electron chi connectivity index (χ2n) is 5.48. The molecular formula is C16H17N3O2S. The van der Waals surface area contributed by atoms with Gasteiger partial charge in [0.25, 0.3) is 0 Å². The number of ether oxygens (including phenoxy) is 1. The van der Waals surface area contributed by atoms with Gasteiger partial charge < -0.3 is 4.74 Å². The Bertz CT molecular complexity index is 820. The lowest BCUT2D eigenvalue weighted by atomic mass is 10.1. The average Bonchev–Trinajstić information content (AvgIpc) is 3.03. The van der Waals surface area contributed by atoms with Crippen LogP contribution in [0.5, 0.6) is 5.75 Å². The molecule has 5 nitrogen and oxygen atoms in total. The summed E-state index contributed by atoms with van der Waals surface area (Å²) in [6.45, 7) is 4.29. The van der Waals surface area contributed by atoms with Gasteiger partial charge >= 0.3 is 0 Å². The number of aromatic nitrogens is 3. The Balaban J connectivity index is 2.10. The Kier molecular flexibility index (Phi) is 3.94. The SMILES string of the molecule is COc1cccc(-c2nc3sc(CC(C)C)nn3c2C=O)c1. The van der Waals surface area contributed by atoms with Crippen LogP contribution in [0.4, 0.5) is 0 Å². The summed E-state index contributed by atoms with van der Waals surface area (Å²) < 4.78 is 6.88. The molecule has 2 heterocycles. The Morgan fingerprint density at radius 2 is 2.23 bits per heavy atom. The molecule has 1 aromatic carbocycles. The van der Waals surface area contributed by atoms with Crippen molar-refractivity contribution >= 4 is 22.6 Å². The Hall–Kier alpha value is -2.21. The van der Waals surface area contributed by atoms with Gasteiger partial charge in [-0.3, -0.25) is 4.79 Å². The number of imidazole rings is 1. The third-order valence-electron chi connectivity index (χ3n) is 3.32. The third kappa shape index (κ3) is 2.62. The number of hydrogen-bond donors (Lipinski definition) is 0. The van der Waals surface area contributed by atoms with Crippen LogP contribution in [-0.4, -0.2) is 28.0 Å². The lowest BCUT2D eigenvalue weighted by Crippen LogP contribution is -1.98. The fourth-order valence-electron chi connectivity index (χ4n) is 2.32. The lowest BCUT2D eigenvalue weighted by molar-refractivity contribution is 0.111. The molecule has 0 aliphatic heterocycles. The number of carbonyl (C=O) groups excluding carboxylic acids is 1. The van der Waals surface area contributed by atoms with E-state index in [1.54, 1.807) is 11.6 Å². The normalized spacial score (nSPS) is 11.3. The standard InChI is InChI=1S/C16H17N3O2S/c1-10(2)7-14-18-19-13(9-20)15(17-16(19)22-14)11-5-4-6-12(8-11)21-3/h4-6,8-10H,7H2,1-3H3. The van der Waals surface area contributed by atoms with E-state index in [0.29, 0.717) is 17.3 Å². The number of benzene rings is 1. The fraction of sp³-hybridized carbons (Fsp3) is 0.312. The molecule has 3 aromatic rings. The van der Waals surface area contributed by atoms with Crippen LogP contribution in [0.3, 0.4) is 0 Å². The van der Waals surface area contributed by atoms with Crippen LogP contribution in [0, 0.1) is 5.92 Å². The zero-order valence-electron chi connectivity index (χ0n) is 12.7. The minimum atomic E-state index is 0.481. The fourth-order valence-corrected chi connectivity index (χ4v) is 3.44. The molecule has 0 spiro atoms. The topological polar surface area (TPSA) is 56.5 Å². The molecule has 0 radical (unpaired) electrons. The van der Waals surface area contributed by atoms with Crippen LogP contribution in [0.15, 0.2) is 24.3 Å². The van der Waals surface area contributed by atoms with Crippen molar-refractivity contribution in [3.63, 3.8) is 0 Å². The minimum Gasteiger partial charge on any atom is -0.497 e. The first-order valence-corrected chi connectivity index (χ1v) is 7.92. The highest BCUT2D eigenvalue weighted by atomic mass is 32.1. The third-order valence-corrected chi connectivity index (χ3v) is 4.25. The van der Waals surface area contributed by atoms with Gasteiger partial charge in [0.05, 0.1) is 7.11 Å². The molecule has 6 heteroatoms. The van der Waals surface area contributed by atoms with Crippen molar-refractivity contribution in [3.8, 4) is 17.0 Å². The molecule has 22 heavy (non-hydrogen) atoms. The summed E-state index contributed by atoms with van der Waals surface area (Å²) in [5.74, 6) is 1.26. The maximum Gasteiger partial charge on any atom is 0.213 e. The second kappa shape index (κ2) is 5.88. The van der Waals surface area contributed by atoms with Gasteiger partial charge in [0, 0.05) is 12.0 Å². The first-order chi connectivity index (χ1) is 10.6. The average molecular weight is 315 g/mol. The van der Waals surface area contributed by atoms with Crippen LogP contribution < -0.4 is 4.74 Å². The van der Waals surface area contributed by atoms with Crippen LogP contribution >= 0.6 is 11.3 Å². The van der Waals surface area contributed by atoms with Crippen LogP contribution in [-0.2, 0) is 6.42 Å². The zero-order chi connectivity index (χ0) is 15.7. The molecular weight excluding hydrogens is 298 g/mol. The number of methoxy groups -OCH3 is 1. The predicted octanol–water partition coefficient (Wildman–Crippen LogP) is 3.48. The number of rotatable bonds is 5. The van der Waals surface area contributed by atoms with Crippen molar-refractivity contribution in [2.24, 2.45) is 5.92 Å². The van der Waals surface area contributed by atoms with E-state index in [2.05, 4.69) is 23.9 Å². The summed E-state index contributed by atoms with van der Waals surface area (Å²) in [6, 6.07) is 7.53. The van der Waals surface area contributed by atoms with E-state index in [4.69, 9.17) is 4.74 Å². The van der Waals surface area contributed by atoms with Gasteiger partial charge in [-0.2, -0.15) is 9.61 Å². The minimum absolute atomic E-state index is 0.481. The first kappa shape index (κ1) is 14.7. The van der Waals surface area contributed by atoms with Crippen LogP contribution in [0.1, 0.15) is 29.3 Å². The molecule has 0 aliphatic carbocycles. The highest BCUT2D eigenvalue weighted by molar-refractivity contribution is 7.16. The van der Waals surface area contributed by atoms with Crippen molar-refractivity contribution < 1.29 is 9.53 Å². The largest absolute Gasteiger partial charge is 0.497 e. The van der Waals surface area contributed by atoms with Crippen molar-refractivity contribution in [1.29, 1.82) is 0 Å². The van der Waals surface area contributed by atoms with Gasteiger partial charge in [-0.25, -0.2) is 4.98 Å². The van der Waals surface area contributed by atoms with Crippen LogP contribution in [0.2, 0.25) is 0 Å². The van der Waals surface area contributed by atoms with Crippen molar-refractivity contribution in [2.75, 3.05) is 7.11 Å². The van der Waals surface area contributed by atoms with Crippen molar-refractivity contribution in [2.45, 2.75) is 20.3 Å². The molecule has 0 aliphatic rings. The Labute approximate surface area is 132 Å². The summed E-state index contributed by atoms with van der Waals surface area (Å²) in [5, 5.41) is 5.52. The monoisotopic (exact) mass is 315 g/mol. The second-order valence-corrected chi connectivity index (χ2v) is 6.52. The van der Waals surface area contributed by atoms with Gasteiger partial charge in [-0.15, -0.1) is 0 Å². The van der Waals surface area contributed by atoms with E-state index in [0.717, 1.165) is 34.0 Å². The van der Waals surface area contributed by atoms with Gasteiger partial charge in [0.1, 0.15) is 22.1 Å². The van der Waals surface area contributed by atoms with Gasteiger partial charge in [-0.1, -0.05) is 37.3 Å². The number of aldehydes is 1. The molecule has 0 fully saturated rings. The molecule has 0 bridgehead atoms. The molecule has 0 atom stereocenters. The molecule has 0 saturated carbocycles. The van der Waals surface area contributed by atoms with E-state index < -0.39 is 0 Å². The summed E-state index contributed by atoms with van der Waals surface area (Å²) in [7, 11) is 1.62. The quantitative estimate of drug-likeness (QED) is 0.676. The van der Waals surface area contributed by atoms with E-state index in [9.17, 15) is 4.79 Å². The summed E-state index contributed by atoms with van der Waals surface area (Å²) in [5.41, 5.74) is 1.97. The van der Waals surface area contributed by atoms with E-state index >= 15 is 0 Å². The number of hydrogen-bond acceptors (Lipinski definition) is 5.